The third kappa shape index (κ3) is 8.77. The first kappa shape index (κ1) is 21.3. The zero-order chi connectivity index (χ0) is 19.1. The molecule has 0 radical (unpaired) electrons. The first-order chi connectivity index (χ1) is 11.5. The molecule has 0 unspecified atom stereocenters. The number of hydrogen-bond donors (Lipinski definition) is 2. The third-order valence-corrected chi connectivity index (χ3v) is 3.82. The van der Waals surface area contributed by atoms with Gasteiger partial charge < -0.3 is 15.4 Å². The van der Waals surface area contributed by atoms with Crippen LogP contribution in [-0.4, -0.2) is 30.7 Å². The molecule has 1 aromatic rings. The minimum Gasteiger partial charge on any atom is -0.444 e. The maximum atomic E-state index is 12.0. The lowest BCUT2D eigenvalue weighted by molar-refractivity contribution is -0.121. The Labute approximate surface area is 155 Å². The van der Waals surface area contributed by atoms with Crippen molar-refractivity contribution in [2.45, 2.75) is 58.5 Å². The second kappa shape index (κ2) is 9.09. The quantitative estimate of drug-likeness (QED) is 0.714. The van der Waals surface area contributed by atoms with Crippen LogP contribution >= 0.6 is 11.6 Å². The van der Waals surface area contributed by atoms with Gasteiger partial charge in [0.05, 0.1) is 0 Å². The number of hydrogen-bond acceptors (Lipinski definition) is 3. The number of carbonyl (C=O) groups is 2. The molecule has 0 fully saturated rings. The Morgan fingerprint density at radius 3 is 2.40 bits per heavy atom. The lowest BCUT2D eigenvalue weighted by Gasteiger charge is -2.26. The van der Waals surface area contributed by atoms with Gasteiger partial charge >= 0.3 is 6.09 Å². The number of alkyl carbamates (subject to hydrolysis) is 1. The van der Waals surface area contributed by atoms with Gasteiger partial charge in [0.25, 0.3) is 0 Å². The zero-order valence-corrected chi connectivity index (χ0v) is 16.5. The molecule has 0 aliphatic rings. The van der Waals surface area contributed by atoms with Crippen LogP contribution in [0.1, 0.15) is 53.0 Å². The third-order valence-electron chi connectivity index (χ3n) is 3.58. The van der Waals surface area contributed by atoms with E-state index in [1.165, 1.54) is 0 Å². The van der Waals surface area contributed by atoms with E-state index in [0.29, 0.717) is 31.0 Å². The van der Waals surface area contributed by atoms with Gasteiger partial charge in [-0.2, -0.15) is 0 Å². The summed E-state index contributed by atoms with van der Waals surface area (Å²) in [6, 6.07) is 7.65. The van der Waals surface area contributed by atoms with Crippen molar-refractivity contribution in [3.05, 3.63) is 34.9 Å². The van der Waals surface area contributed by atoms with Crippen molar-refractivity contribution in [3.63, 3.8) is 0 Å². The Morgan fingerprint density at radius 2 is 1.80 bits per heavy atom. The van der Waals surface area contributed by atoms with Crippen LogP contribution in [0.15, 0.2) is 24.3 Å². The van der Waals surface area contributed by atoms with E-state index in [2.05, 4.69) is 24.5 Å². The number of amides is 2. The molecular formula is C19H29ClN2O3. The molecule has 2 N–H and O–H groups in total. The number of halogens is 1. The molecule has 25 heavy (non-hydrogen) atoms. The number of benzene rings is 1. The molecule has 0 bridgehead atoms. The van der Waals surface area contributed by atoms with Crippen LogP contribution in [-0.2, 0) is 14.9 Å². The molecule has 0 saturated heterocycles. The average molecular weight is 369 g/mol. The summed E-state index contributed by atoms with van der Waals surface area (Å²) in [5.41, 5.74) is 0.342. The van der Waals surface area contributed by atoms with Gasteiger partial charge in [-0.1, -0.05) is 37.6 Å². The van der Waals surface area contributed by atoms with E-state index in [0.717, 1.165) is 5.56 Å². The van der Waals surface area contributed by atoms with Crippen molar-refractivity contribution in [2.24, 2.45) is 0 Å². The van der Waals surface area contributed by atoms with Gasteiger partial charge in [0.15, 0.2) is 0 Å². The van der Waals surface area contributed by atoms with E-state index < -0.39 is 11.7 Å². The van der Waals surface area contributed by atoms with E-state index in [-0.39, 0.29) is 11.3 Å². The molecule has 1 rings (SSSR count). The van der Waals surface area contributed by atoms with E-state index in [9.17, 15) is 9.59 Å². The van der Waals surface area contributed by atoms with Gasteiger partial charge in [-0.15, -0.1) is 0 Å². The maximum Gasteiger partial charge on any atom is 0.407 e. The monoisotopic (exact) mass is 368 g/mol. The molecule has 0 heterocycles. The summed E-state index contributed by atoms with van der Waals surface area (Å²) in [6.45, 7) is 10.5. The van der Waals surface area contributed by atoms with Crippen molar-refractivity contribution in [3.8, 4) is 0 Å². The molecular weight excluding hydrogens is 340 g/mol. The lowest BCUT2D eigenvalue weighted by Crippen LogP contribution is -2.37. The van der Waals surface area contributed by atoms with Gasteiger partial charge in [-0.3, -0.25) is 4.79 Å². The molecule has 0 aromatic heterocycles. The second-order valence-electron chi connectivity index (χ2n) is 7.70. The van der Waals surface area contributed by atoms with Crippen LogP contribution in [0.3, 0.4) is 0 Å². The van der Waals surface area contributed by atoms with Crippen molar-refractivity contribution in [2.75, 3.05) is 13.1 Å². The van der Waals surface area contributed by atoms with Gasteiger partial charge in [0, 0.05) is 29.9 Å². The zero-order valence-electron chi connectivity index (χ0n) is 15.7. The topological polar surface area (TPSA) is 67.4 Å². The molecule has 0 spiro atoms. The standard InChI is InChI=1S/C19H29ClN2O3/c1-18(2,3)25-17(24)21-11-7-10-16(23)22-13-19(4,5)14-8-6-9-15(20)12-14/h6,8-9,12H,7,10-11,13H2,1-5H3,(H,21,24)(H,22,23). The number of nitrogens with one attached hydrogen (secondary N) is 2. The SMILES string of the molecule is CC(C)(C)OC(=O)NCCCC(=O)NCC(C)(C)c1cccc(Cl)c1. The smallest absolute Gasteiger partial charge is 0.407 e. The van der Waals surface area contributed by atoms with Gasteiger partial charge in [0.1, 0.15) is 5.60 Å². The molecule has 0 atom stereocenters. The molecule has 0 aliphatic heterocycles. The average Bonchev–Trinajstić information content (AvgIpc) is 2.48. The molecule has 0 saturated carbocycles. The van der Waals surface area contributed by atoms with Gasteiger partial charge in [-0.05, 0) is 44.9 Å². The molecule has 1 aromatic carbocycles. The van der Waals surface area contributed by atoms with Crippen LogP contribution in [0, 0.1) is 0 Å². The minimum atomic E-state index is -0.520. The van der Waals surface area contributed by atoms with Crippen LogP contribution in [0.25, 0.3) is 0 Å². The minimum absolute atomic E-state index is 0.0407. The highest BCUT2D eigenvalue weighted by Gasteiger charge is 2.21. The fourth-order valence-corrected chi connectivity index (χ4v) is 2.36. The van der Waals surface area contributed by atoms with Gasteiger partial charge in [0.2, 0.25) is 5.91 Å². The first-order valence-electron chi connectivity index (χ1n) is 8.49. The van der Waals surface area contributed by atoms with Crippen LogP contribution < -0.4 is 10.6 Å². The summed E-state index contributed by atoms with van der Waals surface area (Å²) < 4.78 is 5.13. The van der Waals surface area contributed by atoms with Crippen molar-refractivity contribution >= 4 is 23.6 Å². The van der Waals surface area contributed by atoms with Crippen molar-refractivity contribution in [1.29, 1.82) is 0 Å². The van der Waals surface area contributed by atoms with Crippen molar-refractivity contribution in [1.82, 2.24) is 10.6 Å². The second-order valence-corrected chi connectivity index (χ2v) is 8.14. The van der Waals surface area contributed by atoms with Crippen LogP contribution in [0.5, 0.6) is 0 Å². The Hall–Kier alpha value is -1.75. The number of carbonyl (C=O) groups excluding carboxylic acids is 2. The van der Waals surface area contributed by atoms with E-state index in [1.807, 2.05) is 45.0 Å². The van der Waals surface area contributed by atoms with Crippen molar-refractivity contribution < 1.29 is 14.3 Å². The summed E-state index contributed by atoms with van der Waals surface area (Å²) >= 11 is 6.03. The Kier molecular flexibility index (Phi) is 7.74. The highest BCUT2D eigenvalue weighted by molar-refractivity contribution is 6.30. The largest absolute Gasteiger partial charge is 0.444 e. The molecule has 0 aliphatic carbocycles. The van der Waals surface area contributed by atoms with E-state index in [4.69, 9.17) is 16.3 Å². The van der Waals surface area contributed by atoms with Crippen LogP contribution in [0.4, 0.5) is 4.79 Å². The summed E-state index contributed by atoms with van der Waals surface area (Å²) in [7, 11) is 0. The summed E-state index contributed by atoms with van der Waals surface area (Å²) in [5.74, 6) is -0.0407. The van der Waals surface area contributed by atoms with Gasteiger partial charge in [-0.25, -0.2) is 4.79 Å². The highest BCUT2D eigenvalue weighted by atomic mass is 35.5. The summed E-state index contributed by atoms with van der Waals surface area (Å²) in [4.78, 5) is 23.5. The molecule has 140 valence electrons. The Morgan fingerprint density at radius 1 is 1.12 bits per heavy atom. The summed E-state index contributed by atoms with van der Waals surface area (Å²) in [6.07, 6.45) is 0.444. The lowest BCUT2D eigenvalue weighted by atomic mass is 9.84. The predicted molar refractivity (Wildman–Crippen MR) is 101 cm³/mol. The Balaban J connectivity index is 2.30. The van der Waals surface area contributed by atoms with E-state index >= 15 is 0 Å². The Bertz CT molecular complexity index is 595. The fourth-order valence-electron chi connectivity index (χ4n) is 2.17. The fraction of sp³-hybridized carbons (Fsp3) is 0.579. The predicted octanol–water partition coefficient (Wildman–Crippen LogP) is 4.04. The number of ether oxygens (including phenoxy) is 1. The molecule has 2 amide bonds. The molecule has 5 nitrogen and oxygen atoms in total. The maximum absolute atomic E-state index is 12.0. The van der Waals surface area contributed by atoms with Crippen LogP contribution in [0.2, 0.25) is 5.02 Å². The number of rotatable bonds is 7. The molecule has 6 heteroatoms. The first-order valence-corrected chi connectivity index (χ1v) is 8.87. The van der Waals surface area contributed by atoms with E-state index in [1.54, 1.807) is 0 Å². The summed E-state index contributed by atoms with van der Waals surface area (Å²) in [5, 5.41) is 6.27. The normalized spacial score (nSPS) is 11.8. The highest BCUT2D eigenvalue weighted by Crippen LogP contribution is 2.24.